The summed E-state index contributed by atoms with van der Waals surface area (Å²) in [6.45, 7) is 4.85. The molecule has 146 valence electrons. The Balaban J connectivity index is 1.71. The third-order valence-corrected chi connectivity index (χ3v) is 5.15. The molecule has 0 saturated heterocycles. The van der Waals surface area contributed by atoms with Crippen LogP contribution in [0.5, 0.6) is 11.5 Å². The zero-order valence-electron chi connectivity index (χ0n) is 16.1. The first-order chi connectivity index (χ1) is 13.5. The van der Waals surface area contributed by atoms with Gasteiger partial charge in [-0.2, -0.15) is 5.26 Å². The van der Waals surface area contributed by atoms with Crippen LogP contribution in [0.1, 0.15) is 36.5 Å². The molecule has 1 amide bonds. The second kappa shape index (κ2) is 9.11. The number of benzene rings is 2. The molecule has 28 heavy (non-hydrogen) atoms. The molecule has 6 heteroatoms. The summed E-state index contributed by atoms with van der Waals surface area (Å²) in [6, 6.07) is 13.9. The smallest absolute Gasteiger partial charge is 0.261 e. The molecule has 1 fully saturated rings. The molecule has 0 N–H and O–H groups in total. The number of halogens is 1. The first-order valence-electron chi connectivity index (χ1n) is 9.36. The Labute approximate surface area is 174 Å². The number of hydrogen-bond acceptors (Lipinski definition) is 4. The minimum absolute atomic E-state index is 0.0539. The summed E-state index contributed by atoms with van der Waals surface area (Å²) in [5, 5.41) is 9.13. The SMILES string of the molecule is CCOc1cc(C#N)cc(Br)c1OCC(=O)N(Cc1ccc(C)cc1)C1CC1. The number of hydrogen-bond donors (Lipinski definition) is 0. The third-order valence-electron chi connectivity index (χ3n) is 4.56. The van der Waals surface area contributed by atoms with Crippen LogP contribution in [0, 0.1) is 18.3 Å². The van der Waals surface area contributed by atoms with E-state index in [1.54, 1.807) is 12.1 Å². The van der Waals surface area contributed by atoms with E-state index < -0.39 is 0 Å². The molecule has 1 aliphatic rings. The van der Waals surface area contributed by atoms with Crippen molar-refractivity contribution < 1.29 is 14.3 Å². The quantitative estimate of drug-likeness (QED) is 0.599. The van der Waals surface area contributed by atoms with E-state index in [1.807, 2.05) is 18.7 Å². The lowest BCUT2D eigenvalue weighted by Crippen LogP contribution is -2.36. The average Bonchev–Trinajstić information content (AvgIpc) is 3.51. The van der Waals surface area contributed by atoms with E-state index in [0.29, 0.717) is 34.7 Å². The monoisotopic (exact) mass is 442 g/mol. The highest BCUT2D eigenvalue weighted by Gasteiger charge is 2.33. The standard InChI is InChI=1S/C22H23BrN2O3/c1-3-27-20-11-17(12-24)10-19(23)22(20)28-14-21(26)25(18-8-9-18)13-16-6-4-15(2)5-7-16/h4-7,10-11,18H,3,8-9,13-14H2,1-2H3. The topological polar surface area (TPSA) is 62.6 Å². The van der Waals surface area contributed by atoms with Gasteiger partial charge in [0.1, 0.15) is 0 Å². The van der Waals surface area contributed by atoms with Gasteiger partial charge in [0.05, 0.1) is 22.7 Å². The fraction of sp³-hybridized carbons (Fsp3) is 0.364. The van der Waals surface area contributed by atoms with E-state index in [4.69, 9.17) is 14.7 Å². The van der Waals surface area contributed by atoms with E-state index in [9.17, 15) is 4.79 Å². The predicted molar refractivity (Wildman–Crippen MR) is 110 cm³/mol. The van der Waals surface area contributed by atoms with Crippen LogP contribution in [0.2, 0.25) is 0 Å². The highest BCUT2D eigenvalue weighted by molar-refractivity contribution is 9.10. The molecule has 0 bridgehead atoms. The molecular weight excluding hydrogens is 420 g/mol. The molecule has 0 aliphatic heterocycles. The van der Waals surface area contributed by atoms with Crippen molar-refractivity contribution in [2.45, 2.75) is 39.3 Å². The van der Waals surface area contributed by atoms with E-state index in [-0.39, 0.29) is 18.6 Å². The Kier molecular flexibility index (Phi) is 6.58. The van der Waals surface area contributed by atoms with Gasteiger partial charge in [-0.25, -0.2) is 0 Å². The number of carbonyl (C=O) groups is 1. The molecule has 0 spiro atoms. The summed E-state index contributed by atoms with van der Waals surface area (Å²) < 4.78 is 12.0. The van der Waals surface area contributed by atoms with Gasteiger partial charge in [0, 0.05) is 18.7 Å². The fourth-order valence-corrected chi connectivity index (χ4v) is 3.51. The molecule has 0 aromatic heterocycles. The molecule has 0 radical (unpaired) electrons. The molecule has 3 rings (SSSR count). The Morgan fingerprint density at radius 2 is 1.96 bits per heavy atom. The Morgan fingerprint density at radius 1 is 1.25 bits per heavy atom. The normalized spacial score (nSPS) is 12.9. The lowest BCUT2D eigenvalue weighted by Gasteiger charge is -2.23. The molecule has 2 aromatic carbocycles. The Morgan fingerprint density at radius 3 is 2.57 bits per heavy atom. The van der Waals surface area contributed by atoms with Gasteiger partial charge in [0.15, 0.2) is 18.1 Å². The van der Waals surface area contributed by atoms with Gasteiger partial charge in [0.2, 0.25) is 0 Å². The Bertz CT molecular complexity index is 886. The molecule has 0 atom stereocenters. The zero-order valence-corrected chi connectivity index (χ0v) is 17.7. The number of nitrogens with zero attached hydrogens (tertiary/aromatic N) is 2. The summed E-state index contributed by atoms with van der Waals surface area (Å²) in [6.07, 6.45) is 2.06. The second-order valence-electron chi connectivity index (χ2n) is 6.86. The van der Waals surface area contributed by atoms with Crippen LogP contribution in [0.4, 0.5) is 0 Å². The fourth-order valence-electron chi connectivity index (χ4n) is 2.95. The summed E-state index contributed by atoms with van der Waals surface area (Å²) in [5.74, 6) is 0.847. The first kappa shape index (κ1) is 20.2. The number of rotatable bonds is 8. The van der Waals surface area contributed by atoms with Gasteiger partial charge >= 0.3 is 0 Å². The van der Waals surface area contributed by atoms with Crippen LogP contribution >= 0.6 is 15.9 Å². The number of nitriles is 1. The summed E-state index contributed by atoms with van der Waals surface area (Å²) >= 11 is 3.42. The zero-order chi connectivity index (χ0) is 20.1. The molecule has 2 aromatic rings. The van der Waals surface area contributed by atoms with E-state index in [0.717, 1.165) is 18.4 Å². The van der Waals surface area contributed by atoms with Gasteiger partial charge in [-0.1, -0.05) is 29.8 Å². The van der Waals surface area contributed by atoms with Crippen molar-refractivity contribution in [2.75, 3.05) is 13.2 Å². The molecule has 1 saturated carbocycles. The Hall–Kier alpha value is -2.52. The highest BCUT2D eigenvalue weighted by atomic mass is 79.9. The van der Waals surface area contributed by atoms with Crippen LogP contribution < -0.4 is 9.47 Å². The summed E-state index contributed by atoms with van der Waals surface area (Å²) in [7, 11) is 0. The number of carbonyl (C=O) groups excluding carboxylic acids is 1. The lowest BCUT2D eigenvalue weighted by molar-refractivity contribution is -0.134. The van der Waals surface area contributed by atoms with Crippen molar-refractivity contribution in [3.8, 4) is 17.6 Å². The third kappa shape index (κ3) is 5.05. The predicted octanol–water partition coefficient (Wildman–Crippen LogP) is 4.60. The van der Waals surface area contributed by atoms with E-state index >= 15 is 0 Å². The minimum Gasteiger partial charge on any atom is -0.490 e. The minimum atomic E-state index is -0.0765. The van der Waals surface area contributed by atoms with Crippen LogP contribution in [-0.2, 0) is 11.3 Å². The molecule has 0 heterocycles. The number of ether oxygens (including phenoxy) is 2. The maximum Gasteiger partial charge on any atom is 0.261 e. The maximum absolute atomic E-state index is 12.9. The van der Waals surface area contributed by atoms with Crippen molar-refractivity contribution in [3.63, 3.8) is 0 Å². The first-order valence-corrected chi connectivity index (χ1v) is 10.2. The van der Waals surface area contributed by atoms with Crippen molar-refractivity contribution in [2.24, 2.45) is 0 Å². The van der Waals surface area contributed by atoms with Crippen LogP contribution in [0.25, 0.3) is 0 Å². The number of aryl methyl sites for hydroxylation is 1. The van der Waals surface area contributed by atoms with Crippen LogP contribution in [-0.4, -0.2) is 30.1 Å². The van der Waals surface area contributed by atoms with Crippen LogP contribution in [0.15, 0.2) is 40.9 Å². The maximum atomic E-state index is 12.9. The molecule has 1 aliphatic carbocycles. The van der Waals surface area contributed by atoms with Gasteiger partial charge in [-0.3, -0.25) is 4.79 Å². The van der Waals surface area contributed by atoms with Crippen molar-refractivity contribution in [1.29, 1.82) is 5.26 Å². The average molecular weight is 443 g/mol. The van der Waals surface area contributed by atoms with Crippen LogP contribution in [0.3, 0.4) is 0 Å². The van der Waals surface area contributed by atoms with Crippen molar-refractivity contribution in [1.82, 2.24) is 4.90 Å². The molecular formula is C22H23BrN2O3. The second-order valence-corrected chi connectivity index (χ2v) is 7.71. The van der Waals surface area contributed by atoms with Gasteiger partial charge < -0.3 is 14.4 Å². The summed E-state index contributed by atoms with van der Waals surface area (Å²) in [4.78, 5) is 14.8. The van der Waals surface area contributed by atoms with Gasteiger partial charge in [-0.05, 0) is 54.2 Å². The van der Waals surface area contributed by atoms with Crippen molar-refractivity contribution in [3.05, 3.63) is 57.6 Å². The van der Waals surface area contributed by atoms with Gasteiger partial charge in [0.25, 0.3) is 5.91 Å². The number of amides is 1. The van der Waals surface area contributed by atoms with Crippen molar-refractivity contribution >= 4 is 21.8 Å². The lowest BCUT2D eigenvalue weighted by atomic mass is 10.1. The highest BCUT2D eigenvalue weighted by Crippen LogP contribution is 2.37. The van der Waals surface area contributed by atoms with E-state index in [1.165, 1.54) is 5.56 Å². The summed E-state index contributed by atoms with van der Waals surface area (Å²) in [5.41, 5.74) is 2.78. The molecule has 0 unspecified atom stereocenters. The van der Waals surface area contributed by atoms with Gasteiger partial charge in [-0.15, -0.1) is 0 Å². The largest absolute Gasteiger partial charge is 0.490 e. The van der Waals surface area contributed by atoms with E-state index in [2.05, 4.69) is 46.3 Å². The molecule has 5 nitrogen and oxygen atoms in total.